The molecule has 65 valence electrons. The Hall–Kier alpha value is -0.0800. The number of aliphatic hydroxyl groups is 1. The lowest BCUT2D eigenvalue weighted by Gasteiger charge is -2.23. The van der Waals surface area contributed by atoms with Gasteiger partial charge in [-0.05, 0) is 19.3 Å². The van der Waals surface area contributed by atoms with Gasteiger partial charge in [-0.1, -0.05) is 13.8 Å². The molecule has 1 N–H and O–H groups in total. The monoisotopic (exact) mass is 156 g/mol. The summed E-state index contributed by atoms with van der Waals surface area (Å²) in [5.41, 5.74) is 0. The molecular formula is C9H18NO. The highest BCUT2D eigenvalue weighted by Crippen LogP contribution is 2.18. The number of likely N-dealkylation sites (tertiary alicyclic amines) is 1. The highest BCUT2D eigenvalue weighted by molar-refractivity contribution is 4.90. The smallest absolute Gasteiger partial charge is 0.0704 e. The summed E-state index contributed by atoms with van der Waals surface area (Å²) in [6, 6.07) is 0.352. The van der Waals surface area contributed by atoms with E-state index in [1.54, 1.807) is 0 Å². The van der Waals surface area contributed by atoms with Crippen molar-refractivity contribution in [3.8, 4) is 0 Å². The van der Waals surface area contributed by atoms with Crippen molar-refractivity contribution in [2.24, 2.45) is 0 Å². The van der Waals surface area contributed by atoms with Gasteiger partial charge in [0.05, 0.1) is 6.10 Å². The minimum atomic E-state index is -0.102. The molecule has 0 spiro atoms. The van der Waals surface area contributed by atoms with E-state index < -0.39 is 0 Å². The molecule has 1 aliphatic heterocycles. The van der Waals surface area contributed by atoms with Crippen molar-refractivity contribution in [1.29, 1.82) is 0 Å². The van der Waals surface area contributed by atoms with Crippen LogP contribution < -0.4 is 0 Å². The van der Waals surface area contributed by atoms with Gasteiger partial charge in [0.2, 0.25) is 0 Å². The molecule has 1 heterocycles. The Bertz CT molecular complexity index is 125. The van der Waals surface area contributed by atoms with Gasteiger partial charge in [0.15, 0.2) is 0 Å². The van der Waals surface area contributed by atoms with Crippen molar-refractivity contribution in [2.45, 2.75) is 39.3 Å². The van der Waals surface area contributed by atoms with E-state index in [0.717, 1.165) is 19.5 Å². The lowest BCUT2D eigenvalue weighted by Crippen LogP contribution is -2.34. The van der Waals surface area contributed by atoms with E-state index >= 15 is 0 Å². The van der Waals surface area contributed by atoms with E-state index in [4.69, 9.17) is 0 Å². The fourth-order valence-corrected chi connectivity index (χ4v) is 1.62. The molecule has 1 saturated heterocycles. The second-order valence-electron chi connectivity index (χ2n) is 3.77. The maximum absolute atomic E-state index is 9.43. The summed E-state index contributed by atoms with van der Waals surface area (Å²) in [6.07, 6.45) is 0.836. The van der Waals surface area contributed by atoms with E-state index in [9.17, 15) is 5.11 Å². The molecule has 0 bridgehead atoms. The molecule has 2 nitrogen and oxygen atoms in total. The van der Waals surface area contributed by atoms with Crippen LogP contribution in [0.2, 0.25) is 0 Å². The Kier molecular flexibility index (Phi) is 2.90. The summed E-state index contributed by atoms with van der Waals surface area (Å²) in [7, 11) is 0. The second-order valence-corrected chi connectivity index (χ2v) is 3.77. The van der Waals surface area contributed by atoms with Crippen molar-refractivity contribution < 1.29 is 5.11 Å². The summed E-state index contributed by atoms with van der Waals surface area (Å²) in [5, 5.41) is 9.43. The van der Waals surface area contributed by atoms with Gasteiger partial charge in [-0.25, -0.2) is 0 Å². The van der Waals surface area contributed by atoms with Crippen molar-refractivity contribution >= 4 is 0 Å². The summed E-state index contributed by atoms with van der Waals surface area (Å²) in [5.74, 6) is 1.42. The first kappa shape index (κ1) is 9.01. The maximum atomic E-state index is 9.43. The van der Waals surface area contributed by atoms with E-state index in [1.807, 2.05) is 0 Å². The zero-order valence-electron chi connectivity index (χ0n) is 7.67. The third-order valence-electron chi connectivity index (χ3n) is 2.36. The molecule has 2 heteroatoms. The standard InChI is InChI=1S/C9H18NO/c1-7(2)6-10-5-4-9(11)8(10)3/h8-9,11H,4-6H2,1-3H3/t8-,9-/m1/s1. The van der Waals surface area contributed by atoms with E-state index in [-0.39, 0.29) is 6.10 Å². The topological polar surface area (TPSA) is 23.5 Å². The molecule has 0 aromatic rings. The minimum Gasteiger partial charge on any atom is -0.391 e. The Morgan fingerprint density at radius 1 is 1.55 bits per heavy atom. The average Bonchev–Trinajstić information content (AvgIpc) is 2.18. The predicted octanol–water partition coefficient (Wildman–Crippen LogP) is 1.06. The number of hydrogen-bond acceptors (Lipinski definition) is 2. The molecule has 11 heavy (non-hydrogen) atoms. The van der Waals surface area contributed by atoms with E-state index in [1.165, 1.54) is 5.92 Å². The summed E-state index contributed by atoms with van der Waals surface area (Å²) < 4.78 is 0. The number of nitrogens with zero attached hydrogens (tertiary/aromatic N) is 1. The SMILES string of the molecule is C[C](C)CN1CC[C@@H](O)[C@H]1C. The molecule has 0 aromatic heterocycles. The quantitative estimate of drug-likeness (QED) is 0.646. The van der Waals surface area contributed by atoms with Crippen LogP contribution >= 0.6 is 0 Å². The lowest BCUT2D eigenvalue weighted by molar-refractivity contribution is 0.128. The van der Waals surface area contributed by atoms with Crippen LogP contribution in [0, 0.1) is 5.92 Å². The number of hydrogen-bond donors (Lipinski definition) is 1. The highest BCUT2D eigenvalue weighted by atomic mass is 16.3. The molecule has 1 aliphatic rings. The molecule has 2 atom stereocenters. The van der Waals surface area contributed by atoms with Crippen molar-refractivity contribution in [3.05, 3.63) is 5.92 Å². The van der Waals surface area contributed by atoms with Gasteiger partial charge in [0.1, 0.15) is 0 Å². The molecule has 1 fully saturated rings. The molecule has 0 unspecified atom stereocenters. The number of rotatable bonds is 2. The predicted molar refractivity (Wildman–Crippen MR) is 46.2 cm³/mol. The van der Waals surface area contributed by atoms with Gasteiger partial charge in [-0.3, -0.25) is 4.90 Å². The van der Waals surface area contributed by atoms with Crippen molar-refractivity contribution in [3.63, 3.8) is 0 Å². The summed E-state index contributed by atoms with van der Waals surface area (Å²) >= 11 is 0. The lowest BCUT2D eigenvalue weighted by atomic mass is 10.1. The van der Waals surface area contributed by atoms with E-state index in [0.29, 0.717) is 6.04 Å². The van der Waals surface area contributed by atoms with Crippen LogP contribution in [0.4, 0.5) is 0 Å². The molecule has 0 amide bonds. The molecule has 0 saturated carbocycles. The van der Waals surface area contributed by atoms with Gasteiger partial charge in [-0.2, -0.15) is 0 Å². The van der Waals surface area contributed by atoms with Gasteiger partial charge in [0.25, 0.3) is 0 Å². The first-order valence-corrected chi connectivity index (χ1v) is 4.32. The minimum absolute atomic E-state index is 0.102. The molecule has 1 radical (unpaired) electrons. The van der Waals surface area contributed by atoms with Crippen LogP contribution in [0.25, 0.3) is 0 Å². The molecule has 0 aliphatic carbocycles. The van der Waals surface area contributed by atoms with Crippen LogP contribution in [-0.4, -0.2) is 35.2 Å². The fraction of sp³-hybridized carbons (Fsp3) is 0.889. The Morgan fingerprint density at radius 3 is 2.55 bits per heavy atom. The van der Waals surface area contributed by atoms with Crippen molar-refractivity contribution in [1.82, 2.24) is 4.90 Å². The van der Waals surface area contributed by atoms with Crippen LogP contribution in [0.15, 0.2) is 0 Å². The third kappa shape index (κ3) is 2.17. The van der Waals surface area contributed by atoms with E-state index in [2.05, 4.69) is 25.7 Å². The molecular weight excluding hydrogens is 138 g/mol. The summed E-state index contributed by atoms with van der Waals surface area (Å²) in [6.45, 7) is 8.46. The highest BCUT2D eigenvalue weighted by Gasteiger charge is 2.28. The molecule has 0 aromatic carbocycles. The van der Waals surface area contributed by atoms with Crippen LogP contribution in [0.5, 0.6) is 0 Å². The number of aliphatic hydroxyl groups excluding tert-OH is 1. The van der Waals surface area contributed by atoms with Gasteiger partial charge in [0, 0.05) is 19.1 Å². The van der Waals surface area contributed by atoms with Crippen LogP contribution in [0.3, 0.4) is 0 Å². The third-order valence-corrected chi connectivity index (χ3v) is 2.36. The largest absolute Gasteiger partial charge is 0.391 e. The normalized spacial score (nSPS) is 33.5. The zero-order valence-corrected chi connectivity index (χ0v) is 7.67. The maximum Gasteiger partial charge on any atom is 0.0704 e. The Labute approximate surface area is 69.2 Å². The fourth-order valence-electron chi connectivity index (χ4n) is 1.62. The Balaban J connectivity index is 2.36. The Morgan fingerprint density at radius 2 is 2.18 bits per heavy atom. The average molecular weight is 156 g/mol. The summed E-state index contributed by atoms with van der Waals surface area (Å²) in [4.78, 5) is 2.33. The van der Waals surface area contributed by atoms with Gasteiger partial charge in [-0.15, -0.1) is 0 Å². The van der Waals surface area contributed by atoms with Gasteiger partial charge >= 0.3 is 0 Å². The zero-order chi connectivity index (χ0) is 8.43. The van der Waals surface area contributed by atoms with Crippen LogP contribution in [-0.2, 0) is 0 Å². The van der Waals surface area contributed by atoms with Crippen molar-refractivity contribution in [2.75, 3.05) is 13.1 Å². The molecule has 1 rings (SSSR count). The second kappa shape index (κ2) is 3.55. The van der Waals surface area contributed by atoms with Gasteiger partial charge < -0.3 is 5.11 Å². The first-order valence-electron chi connectivity index (χ1n) is 4.32. The first-order chi connectivity index (χ1) is 5.11. The van der Waals surface area contributed by atoms with Crippen LogP contribution in [0.1, 0.15) is 27.2 Å².